The Labute approximate surface area is 151 Å². The minimum absolute atomic E-state index is 0.180. The molecule has 26 heavy (non-hydrogen) atoms. The lowest BCUT2D eigenvalue weighted by Gasteiger charge is -2.11. The van der Waals surface area contributed by atoms with Crippen LogP contribution in [0.3, 0.4) is 0 Å². The van der Waals surface area contributed by atoms with Gasteiger partial charge in [0.2, 0.25) is 0 Å². The van der Waals surface area contributed by atoms with Gasteiger partial charge in [-0.05, 0) is 18.2 Å². The Morgan fingerprint density at radius 2 is 2.15 bits per heavy atom. The molecule has 3 rings (SSSR count). The summed E-state index contributed by atoms with van der Waals surface area (Å²) in [5.41, 5.74) is 2.42. The van der Waals surface area contributed by atoms with Crippen LogP contribution in [-0.4, -0.2) is 48.3 Å². The van der Waals surface area contributed by atoms with Crippen molar-refractivity contribution < 1.29 is 14.2 Å². The molecule has 2 heterocycles. The lowest BCUT2D eigenvalue weighted by atomic mass is 10.1. The molecule has 134 valence electrons. The van der Waals surface area contributed by atoms with Crippen LogP contribution in [0.15, 0.2) is 36.8 Å². The topological polar surface area (TPSA) is 69.9 Å². The summed E-state index contributed by atoms with van der Waals surface area (Å²) >= 11 is 0. The molecular weight excluding hydrogens is 332 g/mol. The van der Waals surface area contributed by atoms with Crippen LogP contribution in [-0.2, 0) is 4.74 Å². The summed E-state index contributed by atoms with van der Waals surface area (Å²) in [7, 11) is 3.26. The molecule has 7 nitrogen and oxygen atoms in total. The van der Waals surface area contributed by atoms with Crippen molar-refractivity contribution in [2.24, 2.45) is 0 Å². The van der Waals surface area contributed by atoms with Gasteiger partial charge in [0, 0.05) is 31.6 Å². The molecule has 1 N–H and O–H groups in total. The molecule has 0 atom stereocenters. The number of hydrogen-bond acceptors (Lipinski definition) is 6. The van der Waals surface area contributed by atoms with E-state index < -0.39 is 0 Å². The summed E-state index contributed by atoms with van der Waals surface area (Å²) in [6.45, 7) is 1.42. The second-order valence-corrected chi connectivity index (χ2v) is 5.39. The monoisotopic (exact) mass is 352 g/mol. The van der Waals surface area contributed by atoms with Gasteiger partial charge in [-0.2, -0.15) is 0 Å². The molecule has 0 radical (unpaired) electrons. The van der Waals surface area contributed by atoms with Gasteiger partial charge in [0.15, 0.2) is 17.1 Å². The smallest absolute Gasteiger partial charge is 0.162 e. The SMILES string of the molecule is C#CCOc1ccc(-c2nc3cnccn3c2NCCOC)cc1OC. The van der Waals surface area contributed by atoms with Crippen molar-refractivity contribution in [2.75, 3.05) is 39.3 Å². The molecule has 0 aliphatic heterocycles. The molecule has 0 unspecified atom stereocenters. The van der Waals surface area contributed by atoms with E-state index in [9.17, 15) is 0 Å². The van der Waals surface area contributed by atoms with Crippen LogP contribution in [0.4, 0.5) is 5.82 Å². The third kappa shape index (κ3) is 3.55. The van der Waals surface area contributed by atoms with Gasteiger partial charge in [0.1, 0.15) is 18.1 Å². The van der Waals surface area contributed by atoms with E-state index in [1.807, 2.05) is 28.8 Å². The second kappa shape index (κ2) is 8.23. The maximum Gasteiger partial charge on any atom is 0.162 e. The molecule has 0 saturated carbocycles. The van der Waals surface area contributed by atoms with Gasteiger partial charge >= 0.3 is 0 Å². The summed E-state index contributed by atoms with van der Waals surface area (Å²) in [6.07, 6.45) is 10.6. The third-order valence-corrected chi connectivity index (χ3v) is 3.78. The first-order chi connectivity index (χ1) is 12.8. The number of ether oxygens (including phenoxy) is 3. The lowest BCUT2D eigenvalue weighted by Crippen LogP contribution is -2.10. The molecule has 7 heteroatoms. The number of nitrogens with zero attached hydrogens (tertiary/aromatic N) is 3. The average molecular weight is 352 g/mol. The molecule has 0 aliphatic carbocycles. The van der Waals surface area contributed by atoms with Gasteiger partial charge in [0.05, 0.1) is 19.9 Å². The van der Waals surface area contributed by atoms with E-state index in [0.29, 0.717) is 24.7 Å². The number of benzene rings is 1. The lowest BCUT2D eigenvalue weighted by molar-refractivity contribution is 0.210. The molecule has 0 spiro atoms. The van der Waals surface area contributed by atoms with Gasteiger partial charge in [-0.15, -0.1) is 6.42 Å². The van der Waals surface area contributed by atoms with E-state index in [4.69, 9.17) is 25.6 Å². The van der Waals surface area contributed by atoms with Gasteiger partial charge in [-0.3, -0.25) is 9.38 Å². The first kappa shape index (κ1) is 17.6. The van der Waals surface area contributed by atoms with E-state index in [-0.39, 0.29) is 6.61 Å². The van der Waals surface area contributed by atoms with E-state index in [1.54, 1.807) is 26.6 Å². The van der Waals surface area contributed by atoms with Crippen LogP contribution in [0.2, 0.25) is 0 Å². The Kier molecular flexibility index (Phi) is 5.56. The summed E-state index contributed by atoms with van der Waals surface area (Å²) in [5, 5.41) is 3.37. The highest BCUT2D eigenvalue weighted by Gasteiger charge is 2.16. The highest BCUT2D eigenvalue weighted by atomic mass is 16.5. The predicted octanol–water partition coefficient (Wildman–Crippen LogP) is 2.48. The van der Waals surface area contributed by atoms with Crippen LogP contribution in [0.5, 0.6) is 11.5 Å². The van der Waals surface area contributed by atoms with Crippen LogP contribution in [0.1, 0.15) is 0 Å². The number of nitrogens with one attached hydrogen (secondary N) is 1. The number of fused-ring (bicyclic) bond motifs is 1. The van der Waals surface area contributed by atoms with Crippen LogP contribution < -0.4 is 14.8 Å². The van der Waals surface area contributed by atoms with E-state index >= 15 is 0 Å². The molecule has 3 aromatic rings. The van der Waals surface area contributed by atoms with Gasteiger partial charge in [-0.1, -0.05) is 5.92 Å². The summed E-state index contributed by atoms with van der Waals surface area (Å²) in [4.78, 5) is 8.84. The minimum atomic E-state index is 0.180. The Morgan fingerprint density at radius 1 is 1.27 bits per heavy atom. The van der Waals surface area contributed by atoms with E-state index in [1.165, 1.54) is 0 Å². The van der Waals surface area contributed by atoms with Crippen molar-refractivity contribution in [1.82, 2.24) is 14.4 Å². The molecule has 1 aromatic carbocycles. The zero-order chi connectivity index (χ0) is 18.4. The Bertz CT molecular complexity index is 930. The Morgan fingerprint density at radius 3 is 2.92 bits per heavy atom. The largest absolute Gasteiger partial charge is 0.493 e. The fourth-order valence-corrected chi connectivity index (χ4v) is 2.60. The number of methoxy groups -OCH3 is 2. The first-order valence-corrected chi connectivity index (χ1v) is 8.08. The third-order valence-electron chi connectivity index (χ3n) is 3.78. The molecule has 0 amide bonds. The summed E-state index contributed by atoms with van der Waals surface area (Å²) in [5.74, 6) is 4.49. The number of rotatable bonds is 8. The maximum absolute atomic E-state index is 5.51. The zero-order valence-electron chi connectivity index (χ0n) is 14.7. The molecule has 0 bridgehead atoms. The highest BCUT2D eigenvalue weighted by molar-refractivity contribution is 5.77. The standard InChI is InChI=1S/C19H20N4O3/c1-4-10-26-15-6-5-14(12-16(15)25-3)18-19(21-8-11-24-2)23-9-7-20-13-17(23)22-18/h1,5-7,9,12-13,21H,8,10-11H2,2-3H3. The van der Waals surface area contributed by atoms with Crippen LogP contribution in [0, 0.1) is 12.3 Å². The minimum Gasteiger partial charge on any atom is -0.493 e. The normalized spacial score (nSPS) is 10.5. The quantitative estimate of drug-likeness (QED) is 0.496. The molecule has 0 aliphatic rings. The average Bonchev–Trinajstić information content (AvgIpc) is 3.05. The number of anilines is 1. The number of imidazole rings is 1. The Balaban J connectivity index is 2.03. The predicted molar refractivity (Wildman–Crippen MR) is 99.7 cm³/mol. The Hall–Kier alpha value is -3.24. The van der Waals surface area contributed by atoms with Gasteiger partial charge in [-0.25, -0.2) is 4.98 Å². The highest BCUT2D eigenvalue weighted by Crippen LogP contribution is 2.35. The van der Waals surface area contributed by atoms with E-state index in [2.05, 4.69) is 16.2 Å². The van der Waals surface area contributed by atoms with Crippen molar-refractivity contribution in [3.8, 4) is 35.1 Å². The van der Waals surface area contributed by atoms with E-state index in [0.717, 1.165) is 22.7 Å². The molecular formula is C19H20N4O3. The fraction of sp³-hybridized carbons (Fsp3) is 0.263. The number of aromatic nitrogens is 3. The van der Waals surface area contributed by atoms with Crippen LogP contribution >= 0.6 is 0 Å². The zero-order valence-corrected chi connectivity index (χ0v) is 14.7. The van der Waals surface area contributed by atoms with Crippen molar-refractivity contribution in [3.63, 3.8) is 0 Å². The maximum atomic E-state index is 5.51. The fourth-order valence-electron chi connectivity index (χ4n) is 2.60. The number of terminal acetylenes is 1. The molecule has 0 fully saturated rings. The van der Waals surface area contributed by atoms with Crippen molar-refractivity contribution in [1.29, 1.82) is 0 Å². The van der Waals surface area contributed by atoms with Gasteiger partial charge in [0.25, 0.3) is 0 Å². The summed E-state index contributed by atoms with van der Waals surface area (Å²) < 4.78 is 18.0. The second-order valence-electron chi connectivity index (χ2n) is 5.39. The first-order valence-electron chi connectivity index (χ1n) is 8.08. The van der Waals surface area contributed by atoms with Crippen molar-refractivity contribution >= 4 is 11.5 Å². The molecule has 2 aromatic heterocycles. The molecule has 0 saturated heterocycles. The summed E-state index contributed by atoms with van der Waals surface area (Å²) in [6, 6.07) is 5.63. The van der Waals surface area contributed by atoms with Crippen LogP contribution in [0.25, 0.3) is 16.9 Å². The van der Waals surface area contributed by atoms with Crippen molar-refractivity contribution in [2.45, 2.75) is 0 Å². The van der Waals surface area contributed by atoms with Crippen molar-refractivity contribution in [3.05, 3.63) is 36.8 Å². The number of hydrogen-bond donors (Lipinski definition) is 1. The van der Waals surface area contributed by atoms with Gasteiger partial charge < -0.3 is 19.5 Å².